The van der Waals surface area contributed by atoms with Crippen LogP contribution in [0, 0.1) is 5.92 Å². The maximum Gasteiger partial charge on any atom is 0.348 e. The minimum Gasteiger partial charge on any atom is -0.465 e. The number of ether oxygens (including phenoxy) is 1. The van der Waals surface area contributed by atoms with Gasteiger partial charge in [0.25, 0.3) is 0 Å². The number of aryl methyl sites for hydroxylation is 2. The van der Waals surface area contributed by atoms with Gasteiger partial charge in [-0.25, -0.2) is 4.79 Å². The molecule has 0 radical (unpaired) electrons. The number of carbonyl (C=O) groups excluding carboxylic acids is 2. The quantitative estimate of drug-likeness (QED) is 0.235. The Morgan fingerprint density at radius 2 is 1.97 bits per heavy atom. The highest BCUT2D eigenvalue weighted by Crippen LogP contribution is 2.24. The van der Waals surface area contributed by atoms with Crippen LogP contribution in [0.2, 0.25) is 0 Å². The zero-order valence-corrected chi connectivity index (χ0v) is 21.1. The zero-order chi connectivity index (χ0) is 24.3. The van der Waals surface area contributed by atoms with Crippen molar-refractivity contribution in [3.8, 4) is 0 Å². The number of hydrogen-bond acceptors (Lipinski definition) is 5. The van der Waals surface area contributed by atoms with Crippen molar-refractivity contribution in [2.45, 2.75) is 70.4 Å². The van der Waals surface area contributed by atoms with Crippen molar-refractivity contribution in [2.24, 2.45) is 5.92 Å². The summed E-state index contributed by atoms with van der Waals surface area (Å²) in [7, 11) is 1.39. The first-order valence-electron chi connectivity index (χ1n) is 12.3. The van der Waals surface area contributed by atoms with Crippen molar-refractivity contribution in [1.29, 1.82) is 0 Å². The van der Waals surface area contributed by atoms with E-state index < -0.39 is 6.10 Å². The van der Waals surface area contributed by atoms with E-state index in [2.05, 4.69) is 31.2 Å². The number of aliphatic hydroxyl groups is 1. The molecule has 1 amide bonds. The number of benzene rings is 1. The van der Waals surface area contributed by atoms with E-state index >= 15 is 0 Å². The maximum absolute atomic E-state index is 12.4. The first-order chi connectivity index (χ1) is 16.5. The molecule has 2 heterocycles. The van der Waals surface area contributed by atoms with Crippen LogP contribution >= 0.6 is 11.3 Å². The van der Waals surface area contributed by atoms with Gasteiger partial charge in [-0.2, -0.15) is 0 Å². The molecule has 1 aromatic heterocycles. The maximum atomic E-state index is 12.4. The summed E-state index contributed by atoms with van der Waals surface area (Å²) >= 11 is 1.45. The summed E-state index contributed by atoms with van der Waals surface area (Å²) < 4.78 is 4.76. The summed E-state index contributed by atoms with van der Waals surface area (Å²) in [5, 5.41) is 10.6. The molecule has 0 spiro atoms. The van der Waals surface area contributed by atoms with E-state index in [1.165, 1.54) is 24.0 Å². The molecule has 0 aliphatic carbocycles. The Morgan fingerprint density at radius 1 is 1.18 bits per heavy atom. The molecule has 2 aromatic rings. The van der Waals surface area contributed by atoms with Gasteiger partial charge in [-0.1, -0.05) is 55.8 Å². The summed E-state index contributed by atoms with van der Waals surface area (Å²) in [6.45, 7) is 2.78. The molecule has 1 saturated heterocycles. The van der Waals surface area contributed by atoms with Crippen LogP contribution in [0.15, 0.2) is 54.6 Å². The molecule has 3 rings (SSSR count). The Bertz CT molecular complexity index is 939. The molecule has 0 saturated carbocycles. The van der Waals surface area contributed by atoms with Gasteiger partial charge in [-0.15, -0.1) is 11.3 Å². The van der Waals surface area contributed by atoms with E-state index in [1.54, 1.807) is 6.07 Å². The van der Waals surface area contributed by atoms with Crippen LogP contribution in [0.4, 0.5) is 0 Å². The minimum atomic E-state index is -0.489. The van der Waals surface area contributed by atoms with Gasteiger partial charge in [0, 0.05) is 17.8 Å². The van der Waals surface area contributed by atoms with Gasteiger partial charge in [0.15, 0.2) is 0 Å². The molecule has 1 fully saturated rings. The average molecular weight is 484 g/mol. The second kappa shape index (κ2) is 13.4. The number of esters is 1. The lowest BCUT2D eigenvalue weighted by molar-refractivity contribution is -0.128. The van der Waals surface area contributed by atoms with E-state index in [9.17, 15) is 14.7 Å². The molecule has 184 valence electrons. The molecule has 1 aliphatic heterocycles. The summed E-state index contributed by atoms with van der Waals surface area (Å²) in [6.07, 6.45) is 10.7. The van der Waals surface area contributed by atoms with Gasteiger partial charge >= 0.3 is 5.97 Å². The largest absolute Gasteiger partial charge is 0.465 e. The predicted octanol–water partition coefficient (Wildman–Crippen LogP) is 5.42. The smallest absolute Gasteiger partial charge is 0.348 e. The van der Waals surface area contributed by atoms with Crippen LogP contribution in [-0.4, -0.2) is 47.7 Å². The Balaban J connectivity index is 1.40. The molecule has 1 aromatic carbocycles. The fourth-order valence-electron chi connectivity index (χ4n) is 4.44. The SMILES string of the molecule is COC(=O)c1ccc(CCCN2C(=O)CC[C@@H]2/C=C/[C@@H](O)[C@@H](C)CCCCc2ccccc2)s1. The number of unbranched alkanes of at least 4 members (excludes halogenated alkanes) is 1. The zero-order valence-electron chi connectivity index (χ0n) is 20.3. The summed E-state index contributed by atoms with van der Waals surface area (Å²) in [5.41, 5.74) is 1.37. The number of amides is 1. The lowest BCUT2D eigenvalue weighted by atomic mass is 9.95. The predicted molar refractivity (Wildman–Crippen MR) is 137 cm³/mol. The second-order valence-electron chi connectivity index (χ2n) is 9.14. The average Bonchev–Trinajstić information content (AvgIpc) is 3.47. The fourth-order valence-corrected chi connectivity index (χ4v) is 5.40. The Hall–Kier alpha value is -2.44. The number of methoxy groups -OCH3 is 1. The molecule has 1 aliphatic rings. The molecule has 1 N–H and O–H groups in total. The molecule has 6 heteroatoms. The van der Waals surface area contributed by atoms with E-state index in [4.69, 9.17) is 4.74 Å². The minimum absolute atomic E-state index is 0.0568. The van der Waals surface area contributed by atoms with Gasteiger partial charge in [-0.05, 0) is 62.1 Å². The summed E-state index contributed by atoms with van der Waals surface area (Å²) in [5.74, 6) is 0.0695. The Labute approximate surface area is 207 Å². The van der Waals surface area contributed by atoms with E-state index in [0.29, 0.717) is 17.8 Å². The highest BCUT2D eigenvalue weighted by atomic mass is 32.1. The first-order valence-corrected chi connectivity index (χ1v) is 13.2. The van der Waals surface area contributed by atoms with Crippen LogP contribution in [-0.2, 0) is 22.4 Å². The molecule has 0 bridgehead atoms. The van der Waals surface area contributed by atoms with Crippen LogP contribution in [0.1, 0.15) is 65.6 Å². The summed E-state index contributed by atoms with van der Waals surface area (Å²) in [6, 6.07) is 14.3. The number of hydrogen-bond donors (Lipinski definition) is 1. The third kappa shape index (κ3) is 7.81. The first kappa shape index (κ1) is 26.2. The third-order valence-electron chi connectivity index (χ3n) is 6.58. The number of carbonyl (C=O) groups is 2. The lowest BCUT2D eigenvalue weighted by Gasteiger charge is -2.23. The van der Waals surface area contributed by atoms with E-state index in [0.717, 1.165) is 49.8 Å². The van der Waals surface area contributed by atoms with Gasteiger partial charge < -0.3 is 14.7 Å². The van der Waals surface area contributed by atoms with Crippen LogP contribution in [0.25, 0.3) is 0 Å². The standard InChI is InChI=1S/C28H37NO4S/c1-21(9-6-7-12-22-10-4-3-5-11-22)25(30)17-14-23-15-19-27(31)29(23)20-8-13-24-16-18-26(34-24)28(32)33-2/h3-5,10-11,14,16-18,21,23,25,30H,6-9,12-13,15,19-20H2,1-2H3/b17-14+/t21-,23-,25+/m0/s1. The van der Waals surface area contributed by atoms with Crippen molar-refractivity contribution >= 4 is 23.2 Å². The van der Waals surface area contributed by atoms with Crippen molar-refractivity contribution in [2.75, 3.05) is 13.7 Å². The van der Waals surface area contributed by atoms with Crippen molar-refractivity contribution in [3.63, 3.8) is 0 Å². The molecular formula is C28H37NO4S. The van der Waals surface area contributed by atoms with Gasteiger partial charge in [0.1, 0.15) is 4.88 Å². The molecule has 3 atom stereocenters. The van der Waals surface area contributed by atoms with Crippen molar-refractivity contribution in [3.05, 3.63) is 69.9 Å². The van der Waals surface area contributed by atoms with E-state index in [-0.39, 0.29) is 23.8 Å². The molecule has 34 heavy (non-hydrogen) atoms. The number of nitrogens with zero attached hydrogens (tertiary/aromatic N) is 1. The van der Waals surface area contributed by atoms with Gasteiger partial charge in [-0.3, -0.25) is 4.79 Å². The molecular weight excluding hydrogens is 446 g/mol. The van der Waals surface area contributed by atoms with Crippen molar-refractivity contribution in [1.82, 2.24) is 4.90 Å². The number of likely N-dealkylation sites (tertiary alicyclic amines) is 1. The van der Waals surface area contributed by atoms with Crippen LogP contribution in [0.5, 0.6) is 0 Å². The number of rotatable bonds is 13. The molecule has 5 nitrogen and oxygen atoms in total. The number of aliphatic hydroxyl groups excluding tert-OH is 1. The fraction of sp³-hybridized carbons (Fsp3) is 0.500. The van der Waals surface area contributed by atoms with Gasteiger partial charge in [0.2, 0.25) is 5.91 Å². The van der Waals surface area contributed by atoms with Gasteiger partial charge in [0.05, 0.1) is 19.3 Å². The summed E-state index contributed by atoms with van der Waals surface area (Å²) in [4.78, 5) is 27.7. The Morgan fingerprint density at radius 3 is 2.74 bits per heavy atom. The topological polar surface area (TPSA) is 66.8 Å². The highest BCUT2D eigenvalue weighted by molar-refractivity contribution is 7.13. The van der Waals surface area contributed by atoms with Crippen LogP contribution < -0.4 is 0 Å². The van der Waals surface area contributed by atoms with E-state index in [1.807, 2.05) is 29.2 Å². The Kier molecular flexibility index (Phi) is 10.4. The normalized spacial score (nSPS) is 17.9. The number of thiophene rings is 1. The lowest BCUT2D eigenvalue weighted by Crippen LogP contribution is -2.33. The van der Waals surface area contributed by atoms with Crippen molar-refractivity contribution < 1.29 is 19.4 Å². The third-order valence-corrected chi connectivity index (χ3v) is 7.70. The highest BCUT2D eigenvalue weighted by Gasteiger charge is 2.28. The van der Waals surface area contributed by atoms with Crippen LogP contribution in [0.3, 0.4) is 0 Å². The monoisotopic (exact) mass is 483 g/mol. The second-order valence-corrected chi connectivity index (χ2v) is 10.3. The molecule has 0 unspecified atom stereocenters.